The van der Waals surface area contributed by atoms with E-state index in [0.717, 1.165) is 33.0 Å². The summed E-state index contributed by atoms with van der Waals surface area (Å²) in [6.07, 6.45) is 3.35. The van der Waals surface area contributed by atoms with Crippen molar-refractivity contribution in [1.82, 2.24) is 0 Å². The van der Waals surface area contributed by atoms with Gasteiger partial charge in [0.15, 0.2) is 0 Å². The molecule has 0 aromatic rings. The molecular weight excluding hydrogens is 222 g/mol. The van der Waals surface area contributed by atoms with Gasteiger partial charge in [-0.2, -0.15) is 9.06 Å². The second-order valence-electron chi connectivity index (χ2n) is 4.47. The predicted octanol–water partition coefficient (Wildman–Crippen LogP) is 1.85. The number of amides is 1. The molecule has 0 aromatic carbocycles. The minimum atomic E-state index is -0.227. The topological polar surface area (TPSA) is 43.1 Å². The number of hydrogen-bond acceptors (Lipinski definition) is 3. The van der Waals surface area contributed by atoms with Crippen LogP contribution in [0.4, 0.5) is 0 Å². The SMILES string of the molecule is NC(=O)C12CC3SC(C1)S31SC1C2. The summed E-state index contributed by atoms with van der Waals surface area (Å²) >= 11 is 2.14. The molecule has 0 aliphatic carbocycles. The van der Waals surface area contributed by atoms with E-state index in [0.29, 0.717) is 0 Å². The summed E-state index contributed by atoms with van der Waals surface area (Å²) in [5, 5.41) is 0. The van der Waals surface area contributed by atoms with Crippen molar-refractivity contribution in [3.8, 4) is 0 Å². The van der Waals surface area contributed by atoms with Crippen molar-refractivity contribution >= 4 is 37.5 Å². The maximum absolute atomic E-state index is 11.5. The lowest BCUT2D eigenvalue weighted by Crippen LogP contribution is -2.55. The zero-order valence-electron chi connectivity index (χ0n) is 7.06. The van der Waals surface area contributed by atoms with Gasteiger partial charge in [0.1, 0.15) is 0 Å². The van der Waals surface area contributed by atoms with E-state index in [2.05, 4.69) is 22.6 Å². The molecule has 13 heavy (non-hydrogen) atoms. The maximum Gasteiger partial charge on any atom is 0.223 e. The summed E-state index contributed by atoms with van der Waals surface area (Å²) in [5.41, 5.74) is 5.48. The second kappa shape index (κ2) is 1.91. The van der Waals surface area contributed by atoms with Crippen LogP contribution in [0, 0.1) is 5.41 Å². The molecule has 6 rings (SSSR count). The summed E-state index contributed by atoms with van der Waals surface area (Å²) in [7, 11) is 1.99. The van der Waals surface area contributed by atoms with Gasteiger partial charge in [-0.3, -0.25) is 4.79 Å². The van der Waals surface area contributed by atoms with E-state index in [9.17, 15) is 4.79 Å². The van der Waals surface area contributed by atoms with Crippen LogP contribution >= 0.6 is 31.6 Å². The van der Waals surface area contributed by atoms with E-state index in [1.165, 1.54) is 0 Å². The Morgan fingerprint density at radius 1 is 1.31 bits per heavy atom. The molecule has 5 heteroatoms. The lowest BCUT2D eigenvalue weighted by atomic mass is 9.77. The van der Waals surface area contributed by atoms with Gasteiger partial charge in [0.2, 0.25) is 5.91 Å². The third-order valence-corrected chi connectivity index (χ3v) is 15.9. The highest BCUT2D eigenvalue weighted by Gasteiger charge is 2.78. The first-order chi connectivity index (χ1) is 6.17. The highest BCUT2D eigenvalue weighted by molar-refractivity contribution is 9.13. The summed E-state index contributed by atoms with van der Waals surface area (Å²) in [5.74, 6) is -0.0111. The lowest BCUT2D eigenvalue weighted by molar-refractivity contribution is -0.129. The van der Waals surface area contributed by atoms with Gasteiger partial charge < -0.3 is 5.73 Å². The first kappa shape index (κ1) is 7.77. The summed E-state index contributed by atoms with van der Waals surface area (Å²) in [6, 6.07) is 0. The van der Waals surface area contributed by atoms with Gasteiger partial charge in [-0.15, -0.1) is 11.8 Å². The van der Waals surface area contributed by atoms with Crippen LogP contribution in [0.25, 0.3) is 0 Å². The van der Waals surface area contributed by atoms with Gasteiger partial charge >= 0.3 is 0 Å². The summed E-state index contributed by atoms with van der Waals surface area (Å²) < 4.78 is 2.57. The Hall–Kier alpha value is 0.520. The van der Waals surface area contributed by atoms with Crippen molar-refractivity contribution in [1.29, 1.82) is 0 Å². The monoisotopic (exact) mass is 233 g/mol. The molecule has 2 nitrogen and oxygen atoms in total. The average molecular weight is 233 g/mol. The van der Waals surface area contributed by atoms with Gasteiger partial charge in [0, 0.05) is 9.16 Å². The highest BCUT2D eigenvalue weighted by atomic mass is 33.2. The van der Waals surface area contributed by atoms with Crippen molar-refractivity contribution < 1.29 is 4.79 Å². The number of thioether (sulfide) groups is 1. The molecule has 4 bridgehead atoms. The number of carbonyl (C=O) groups is 1. The van der Waals surface area contributed by atoms with E-state index in [-0.39, 0.29) is 20.4 Å². The summed E-state index contributed by atoms with van der Waals surface area (Å²) in [6.45, 7) is 0. The third kappa shape index (κ3) is 0.640. The Morgan fingerprint density at radius 2 is 1.92 bits per heavy atom. The van der Waals surface area contributed by atoms with Crippen molar-refractivity contribution in [2.45, 2.75) is 33.0 Å². The Balaban J connectivity index is 1.81. The second-order valence-corrected chi connectivity index (χ2v) is 13.0. The Morgan fingerprint density at radius 3 is 2.46 bits per heavy atom. The van der Waals surface area contributed by atoms with Gasteiger partial charge in [0.05, 0.1) is 10.00 Å². The highest BCUT2D eigenvalue weighted by Crippen LogP contribution is 3.04. The number of primary amides is 1. The van der Waals surface area contributed by atoms with E-state index < -0.39 is 0 Å². The molecule has 6 fully saturated rings. The van der Waals surface area contributed by atoms with Gasteiger partial charge in [-0.05, 0) is 19.3 Å². The molecule has 0 radical (unpaired) electrons. The minimum absolute atomic E-state index is 0.0111. The van der Waals surface area contributed by atoms with Crippen LogP contribution in [-0.4, -0.2) is 19.7 Å². The Labute approximate surface area is 86.5 Å². The predicted molar refractivity (Wildman–Crippen MR) is 59.6 cm³/mol. The van der Waals surface area contributed by atoms with Crippen LogP contribution in [0.15, 0.2) is 0 Å². The Bertz CT molecular complexity index is 319. The van der Waals surface area contributed by atoms with Crippen molar-refractivity contribution in [2.75, 3.05) is 0 Å². The quantitative estimate of drug-likeness (QED) is 0.555. The molecule has 6 heterocycles. The lowest BCUT2D eigenvalue weighted by Gasteiger charge is -2.62. The first-order valence-corrected chi connectivity index (χ1v) is 8.77. The molecule has 1 spiro atoms. The first-order valence-electron chi connectivity index (χ1n) is 4.61. The number of rotatable bonds is 1. The zero-order chi connectivity index (χ0) is 8.84. The molecule has 6 saturated heterocycles. The standard InChI is InChI=1S/C8H11NOS3/c9-7(10)8-1-4-11-5(2-8)13(4)6(3-8)12-13/h4-6H,1-3H2,(H2,9,10). The van der Waals surface area contributed by atoms with Crippen molar-refractivity contribution in [2.24, 2.45) is 11.1 Å². The molecule has 0 saturated carbocycles. The van der Waals surface area contributed by atoms with Crippen molar-refractivity contribution in [3.05, 3.63) is 0 Å². The number of carbonyl (C=O) groups excluding carboxylic acids is 1. The molecule has 0 aromatic heterocycles. The molecule has 6 aliphatic heterocycles. The largest absolute Gasteiger partial charge is 0.369 e. The van der Waals surface area contributed by atoms with Crippen LogP contribution in [0.3, 0.4) is 0 Å². The molecule has 3 atom stereocenters. The van der Waals surface area contributed by atoms with Crippen LogP contribution in [-0.2, 0) is 4.79 Å². The van der Waals surface area contributed by atoms with E-state index >= 15 is 0 Å². The van der Waals surface area contributed by atoms with Crippen LogP contribution < -0.4 is 5.73 Å². The molecule has 1 amide bonds. The molecule has 3 unspecified atom stereocenters. The fraction of sp³-hybridized carbons (Fsp3) is 0.875. The van der Waals surface area contributed by atoms with E-state index in [1.807, 2.05) is 0 Å². The van der Waals surface area contributed by atoms with E-state index in [1.54, 1.807) is 0 Å². The van der Waals surface area contributed by atoms with Gasteiger partial charge in [0.25, 0.3) is 0 Å². The fourth-order valence-corrected chi connectivity index (χ4v) is 17.2. The molecule has 6 aliphatic rings. The molecule has 2 N–H and O–H groups in total. The molecular formula is C8H11NOS3. The van der Waals surface area contributed by atoms with Gasteiger partial charge in [-0.25, -0.2) is 0 Å². The number of nitrogens with two attached hydrogens (primary N) is 1. The smallest absolute Gasteiger partial charge is 0.223 e. The fourth-order valence-electron chi connectivity index (χ4n) is 3.11. The Kier molecular flexibility index (Phi) is 1.14. The molecule has 72 valence electrons. The minimum Gasteiger partial charge on any atom is -0.369 e. The van der Waals surface area contributed by atoms with E-state index in [4.69, 9.17) is 5.73 Å². The normalized spacial score (nSPS) is 70.3. The maximum atomic E-state index is 11.5. The number of hydrogen-bond donors (Lipinski definition) is 1. The third-order valence-electron chi connectivity index (χ3n) is 3.97. The van der Waals surface area contributed by atoms with Crippen LogP contribution in [0.2, 0.25) is 0 Å². The average Bonchev–Trinajstić information content (AvgIpc) is 2.82. The van der Waals surface area contributed by atoms with Crippen LogP contribution in [0.1, 0.15) is 19.3 Å². The van der Waals surface area contributed by atoms with Crippen molar-refractivity contribution in [3.63, 3.8) is 0 Å². The van der Waals surface area contributed by atoms with Gasteiger partial charge in [-0.1, -0.05) is 10.8 Å². The summed E-state index contributed by atoms with van der Waals surface area (Å²) in [4.78, 5) is 11.5. The van der Waals surface area contributed by atoms with Crippen LogP contribution in [0.5, 0.6) is 0 Å². The zero-order valence-corrected chi connectivity index (χ0v) is 9.51.